The van der Waals surface area contributed by atoms with E-state index in [2.05, 4.69) is 39.6 Å². The predicted molar refractivity (Wildman–Crippen MR) is 148 cm³/mol. The summed E-state index contributed by atoms with van der Waals surface area (Å²) in [7, 11) is -3.74. The zero-order valence-electron chi connectivity index (χ0n) is 21.6. The van der Waals surface area contributed by atoms with Crippen LogP contribution in [0.5, 0.6) is 0 Å². The van der Waals surface area contributed by atoms with Crippen molar-refractivity contribution < 1.29 is 36.3 Å². The van der Waals surface area contributed by atoms with E-state index in [1.165, 1.54) is 12.1 Å². The van der Waals surface area contributed by atoms with Gasteiger partial charge in [0.2, 0.25) is 15.9 Å². The molecule has 220 valence electrons. The van der Waals surface area contributed by atoms with Crippen molar-refractivity contribution in [1.29, 1.82) is 0 Å². The molecule has 1 heterocycles. The number of alkyl halides is 3. The van der Waals surface area contributed by atoms with Gasteiger partial charge in [-0.1, -0.05) is 78.3 Å². The summed E-state index contributed by atoms with van der Waals surface area (Å²) in [5, 5.41) is 13.8. The summed E-state index contributed by atoms with van der Waals surface area (Å²) in [6.07, 6.45) is -4.67. The highest BCUT2D eigenvalue weighted by molar-refractivity contribution is 7.89. The number of hydrogen-bond acceptors (Lipinski definition) is 5. The van der Waals surface area contributed by atoms with Gasteiger partial charge in [0.15, 0.2) is 0 Å². The number of carboxylic acid groups (broad SMARTS) is 1. The van der Waals surface area contributed by atoms with Crippen molar-refractivity contribution in [3.63, 3.8) is 0 Å². The molecule has 3 aromatic carbocycles. The fraction of sp³-hybridized carbons (Fsp3) is 0.286. The van der Waals surface area contributed by atoms with Gasteiger partial charge in [0.05, 0.1) is 10.8 Å². The van der Waals surface area contributed by atoms with Crippen molar-refractivity contribution in [2.75, 3.05) is 19.6 Å². The zero-order chi connectivity index (χ0) is 30.0. The van der Waals surface area contributed by atoms with Gasteiger partial charge in [-0.25, -0.2) is 17.9 Å². The molecule has 2 atom stereocenters. The Bertz CT molecular complexity index is 1370. The number of carbonyl (C=O) groups is 2. The molecule has 0 bridgehead atoms. The van der Waals surface area contributed by atoms with Crippen LogP contribution in [0.15, 0.2) is 89.8 Å². The summed E-state index contributed by atoms with van der Waals surface area (Å²) >= 11 is 5.95. The maximum atomic E-state index is 13.0. The second-order valence-corrected chi connectivity index (χ2v) is 11.4. The molecule has 0 spiro atoms. The fourth-order valence-electron chi connectivity index (χ4n) is 4.30. The normalized spacial score (nSPS) is 17.3. The predicted octanol–water partition coefficient (Wildman–Crippen LogP) is 4.18. The Balaban J connectivity index is 0.000000587. The first kappa shape index (κ1) is 32.1. The number of carboxylic acids is 1. The number of piperidine rings is 1. The highest BCUT2D eigenvalue weighted by atomic mass is 35.5. The van der Waals surface area contributed by atoms with E-state index in [0.717, 1.165) is 11.1 Å². The number of hydrogen-bond donors (Lipinski definition) is 4. The van der Waals surface area contributed by atoms with Crippen LogP contribution >= 0.6 is 11.6 Å². The summed E-state index contributed by atoms with van der Waals surface area (Å²) in [5.74, 6) is -3.16. The van der Waals surface area contributed by atoms with E-state index in [0.29, 0.717) is 31.1 Å². The van der Waals surface area contributed by atoms with Gasteiger partial charge in [0, 0.05) is 36.6 Å². The molecule has 1 amide bonds. The van der Waals surface area contributed by atoms with E-state index in [4.69, 9.17) is 21.5 Å². The average Bonchev–Trinajstić information content (AvgIpc) is 2.94. The second-order valence-electron chi connectivity index (χ2n) is 9.29. The molecule has 1 fully saturated rings. The van der Waals surface area contributed by atoms with Gasteiger partial charge in [-0.15, -0.1) is 0 Å². The van der Waals surface area contributed by atoms with Crippen LogP contribution < -0.4 is 15.4 Å². The number of nitrogens with one attached hydrogen (secondary N) is 3. The molecule has 41 heavy (non-hydrogen) atoms. The van der Waals surface area contributed by atoms with Crippen molar-refractivity contribution in [2.45, 2.75) is 29.5 Å². The number of aliphatic carboxylic acids is 1. The SMILES string of the molecule is O=C(NCC(c1ccccc1)c1ccccc1)[C@@H]1CNC[C@H](NS(=O)(=O)c2cccc(Cl)c2)C1.O=C(O)C(F)(F)F. The Hall–Kier alpha value is -3.45. The van der Waals surface area contributed by atoms with Gasteiger partial charge in [0.1, 0.15) is 0 Å². The molecular formula is C28H29ClF3N3O5S. The Labute approximate surface area is 241 Å². The first-order valence-electron chi connectivity index (χ1n) is 12.5. The van der Waals surface area contributed by atoms with Crippen LogP contribution in [-0.2, 0) is 19.6 Å². The molecule has 0 saturated carbocycles. The molecule has 4 rings (SSSR count). The molecule has 0 aliphatic carbocycles. The largest absolute Gasteiger partial charge is 0.490 e. The molecule has 4 N–H and O–H groups in total. The third-order valence-corrected chi connectivity index (χ3v) is 8.03. The Morgan fingerprint density at radius 3 is 2.02 bits per heavy atom. The minimum absolute atomic E-state index is 0.0278. The Morgan fingerprint density at radius 2 is 1.51 bits per heavy atom. The summed E-state index contributed by atoms with van der Waals surface area (Å²) in [6, 6.07) is 25.9. The van der Waals surface area contributed by atoms with Gasteiger partial charge in [-0.2, -0.15) is 13.2 Å². The van der Waals surface area contributed by atoms with Gasteiger partial charge >= 0.3 is 12.1 Å². The van der Waals surface area contributed by atoms with Gasteiger partial charge in [-0.3, -0.25) is 4.79 Å². The van der Waals surface area contributed by atoms with Crippen molar-refractivity contribution in [3.8, 4) is 0 Å². The number of benzene rings is 3. The van der Waals surface area contributed by atoms with Crippen LogP contribution in [-0.4, -0.2) is 57.3 Å². The topological polar surface area (TPSA) is 125 Å². The molecule has 0 aromatic heterocycles. The molecule has 13 heteroatoms. The average molecular weight is 612 g/mol. The fourth-order valence-corrected chi connectivity index (χ4v) is 5.85. The minimum atomic E-state index is -5.08. The maximum absolute atomic E-state index is 13.0. The van der Waals surface area contributed by atoms with E-state index in [1.54, 1.807) is 12.1 Å². The standard InChI is InChI=1S/C26H28ClN3O3S.C2HF3O2/c27-22-12-7-13-24(15-22)34(32,33)30-23-14-21(16-28-17-23)26(31)29-18-25(19-8-3-1-4-9-19)20-10-5-2-6-11-20;3-2(4,5)1(6)7/h1-13,15,21,23,25,28,30H,14,16-18H2,(H,29,31);(H,6,7)/t21-,23+;/m0./s1. The maximum Gasteiger partial charge on any atom is 0.490 e. The number of carbonyl (C=O) groups excluding carboxylic acids is 1. The molecule has 1 aliphatic rings. The zero-order valence-corrected chi connectivity index (χ0v) is 23.2. The van der Waals surface area contributed by atoms with E-state index < -0.39 is 28.2 Å². The molecule has 1 aliphatic heterocycles. The van der Waals surface area contributed by atoms with Crippen molar-refractivity contribution >= 4 is 33.5 Å². The Morgan fingerprint density at radius 1 is 0.951 bits per heavy atom. The van der Waals surface area contributed by atoms with E-state index >= 15 is 0 Å². The van der Waals surface area contributed by atoms with Crippen molar-refractivity contribution in [1.82, 2.24) is 15.4 Å². The molecule has 0 unspecified atom stereocenters. The van der Waals surface area contributed by atoms with Gasteiger partial charge < -0.3 is 15.7 Å². The lowest BCUT2D eigenvalue weighted by Crippen LogP contribution is -2.52. The number of sulfonamides is 1. The van der Waals surface area contributed by atoms with Crippen LogP contribution in [0, 0.1) is 5.92 Å². The van der Waals surface area contributed by atoms with Crippen LogP contribution in [0.1, 0.15) is 23.5 Å². The lowest BCUT2D eigenvalue weighted by atomic mass is 9.90. The molecule has 3 aromatic rings. The summed E-state index contributed by atoms with van der Waals surface area (Å²) < 4.78 is 60.0. The van der Waals surface area contributed by atoms with Crippen molar-refractivity contribution in [3.05, 3.63) is 101 Å². The molecular weight excluding hydrogens is 583 g/mol. The van der Waals surface area contributed by atoms with E-state index in [9.17, 15) is 26.4 Å². The second kappa shape index (κ2) is 14.4. The third-order valence-electron chi connectivity index (χ3n) is 6.28. The minimum Gasteiger partial charge on any atom is -0.475 e. The third kappa shape index (κ3) is 9.85. The molecule has 1 saturated heterocycles. The quantitative estimate of drug-likeness (QED) is 0.303. The molecule has 8 nitrogen and oxygen atoms in total. The summed E-state index contributed by atoms with van der Waals surface area (Å²) in [5.41, 5.74) is 2.26. The number of amides is 1. The first-order valence-corrected chi connectivity index (χ1v) is 14.4. The number of rotatable bonds is 8. The summed E-state index contributed by atoms with van der Waals surface area (Å²) in [6.45, 7) is 1.42. The van der Waals surface area contributed by atoms with Crippen LogP contribution in [0.25, 0.3) is 0 Å². The van der Waals surface area contributed by atoms with Crippen molar-refractivity contribution in [2.24, 2.45) is 5.92 Å². The lowest BCUT2D eigenvalue weighted by molar-refractivity contribution is -0.192. The first-order chi connectivity index (χ1) is 19.4. The smallest absolute Gasteiger partial charge is 0.475 e. The number of halogens is 4. The van der Waals surface area contributed by atoms with Gasteiger partial charge in [0.25, 0.3) is 0 Å². The highest BCUT2D eigenvalue weighted by Crippen LogP contribution is 2.24. The van der Waals surface area contributed by atoms with Crippen LogP contribution in [0.2, 0.25) is 5.02 Å². The highest BCUT2D eigenvalue weighted by Gasteiger charge is 2.38. The lowest BCUT2D eigenvalue weighted by Gasteiger charge is -2.30. The van der Waals surface area contributed by atoms with Gasteiger partial charge in [-0.05, 0) is 35.7 Å². The van der Waals surface area contributed by atoms with Crippen LogP contribution in [0.3, 0.4) is 0 Å². The monoisotopic (exact) mass is 611 g/mol. The Kier molecular flexibility index (Phi) is 11.3. The summed E-state index contributed by atoms with van der Waals surface area (Å²) in [4.78, 5) is 22.1. The van der Waals surface area contributed by atoms with Crippen LogP contribution in [0.4, 0.5) is 13.2 Å². The molecule has 0 radical (unpaired) electrons. The van der Waals surface area contributed by atoms with E-state index in [-0.39, 0.29) is 22.6 Å². The van der Waals surface area contributed by atoms with E-state index in [1.807, 2.05) is 36.4 Å².